The third-order valence-corrected chi connectivity index (χ3v) is 3.55. The van der Waals surface area contributed by atoms with Gasteiger partial charge in [0, 0.05) is 23.1 Å². The van der Waals surface area contributed by atoms with Crippen LogP contribution in [0, 0.1) is 0 Å². The highest BCUT2D eigenvalue weighted by Gasteiger charge is 2.08. The van der Waals surface area contributed by atoms with Gasteiger partial charge in [0.05, 0.1) is 5.52 Å². The van der Waals surface area contributed by atoms with Crippen molar-refractivity contribution in [2.24, 2.45) is 7.05 Å². The summed E-state index contributed by atoms with van der Waals surface area (Å²) in [5, 5.41) is 4.56. The van der Waals surface area contributed by atoms with Gasteiger partial charge in [-0.05, 0) is 54.0 Å². The molecule has 3 heteroatoms. The Hall–Kier alpha value is -0.800. The van der Waals surface area contributed by atoms with Gasteiger partial charge in [-0.1, -0.05) is 12.1 Å². The Bertz CT molecular complexity index is 488. The minimum atomic E-state index is 1.07. The smallest absolute Gasteiger partial charge is 0.0624 e. The molecule has 0 aliphatic carbocycles. The molecule has 0 saturated carbocycles. The van der Waals surface area contributed by atoms with Crippen molar-refractivity contribution in [2.75, 3.05) is 13.6 Å². The fourth-order valence-corrected chi connectivity index (χ4v) is 2.80. The van der Waals surface area contributed by atoms with E-state index in [2.05, 4.69) is 57.3 Å². The van der Waals surface area contributed by atoms with Crippen LogP contribution in [0.3, 0.4) is 0 Å². The number of aromatic nitrogens is 1. The minimum absolute atomic E-state index is 1.07. The fourth-order valence-electron chi connectivity index (χ4n) is 2.16. The lowest BCUT2D eigenvalue weighted by molar-refractivity contribution is 0.725. The van der Waals surface area contributed by atoms with Gasteiger partial charge < -0.3 is 9.88 Å². The molecule has 0 saturated heterocycles. The molecule has 1 heterocycles. The van der Waals surface area contributed by atoms with Crippen LogP contribution >= 0.6 is 15.9 Å². The van der Waals surface area contributed by atoms with E-state index in [0.29, 0.717) is 0 Å². The van der Waals surface area contributed by atoms with Gasteiger partial charge in [-0.3, -0.25) is 0 Å². The largest absolute Gasteiger partial charge is 0.349 e. The standard InChI is InChI=1S/C13H17BrN2/c1-15-8-4-5-10-9-16(2)13-11(10)6-3-7-12(13)14/h3,6-7,9,15H,4-5,8H2,1-2H3. The first-order chi connectivity index (χ1) is 7.74. The van der Waals surface area contributed by atoms with Crippen LogP contribution in [0.1, 0.15) is 12.0 Å². The number of fused-ring (bicyclic) bond motifs is 1. The average molecular weight is 281 g/mol. The molecule has 2 aromatic rings. The number of benzene rings is 1. The van der Waals surface area contributed by atoms with E-state index in [4.69, 9.17) is 0 Å². The van der Waals surface area contributed by atoms with Crippen molar-refractivity contribution in [1.29, 1.82) is 0 Å². The zero-order valence-electron chi connectivity index (χ0n) is 9.76. The van der Waals surface area contributed by atoms with Crippen LogP contribution in [0.2, 0.25) is 0 Å². The van der Waals surface area contributed by atoms with E-state index in [0.717, 1.165) is 13.0 Å². The summed E-state index contributed by atoms with van der Waals surface area (Å²) < 4.78 is 3.38. The molecule has 86 valence electrons. The Morgan fingerprint density at radius 1 is 1.38 bits per heavy atom. The second-order valence-corrected chi connectivity index (χ2v) is 4.96. The summed E-state index contributed by atoms with van der Waals surface area (Å²) in [6.45, 7) is 1.07. The zero-order valence-corrected chi connectivity index (χ0v) is 11.3. The number of rotatable bonds is 4. The van der Waals surface area contributed by atoms with Gasteiger partial charge in [-0.15, -0.1) is 0 Å². The first kappa shape index (κ1) is 11.7. The van der Waals surface area contributed by atoms with Crippen molar-refractivity contribution < 1.29 is 0 Å². The van der Waals surface area contributed by atoms with Crippen LogP contribution in [-0.2, 0) is 13.5 Å². The van der Waals surface area contributed by atoms with Crippen LogP contribution in [0.5, 0.6) is 0 Å². The SMILES string of the molecule is CNCCCc1cn(C)c2c(Br)cccc12. The van der Waals surface area contributed by atoms with Gasteiger partial charge in [0.25, 0.3) is 0 Å². The molecule has 0 bridgehead atoms. The normalized spacial score (nSPS) is 11.2. The summed E-state index contributed by atoms with van der Waals surface area (Å²) in [6.07, 6.45) is 4.56. The molecule has 0 atom stereocenters. The van der Waals surface area contributed by atoms with E-state index < -0.39 is 0 Å². The maximum Gasteiger partial charge on any atom is 0.0624 e. The summed E-state index contributed by atoms with van der Waals surface area (Å²) in [6, 6.07) is 6.41. The molecule has 1 aromatic heterocycles. The van der Waals surface area contributed by atoms with E-state index >= 15 is 0 Å². The summed E-state index contributed by atoms with van der Waals surface area (Å²) in [7, 11) is 4.11. The molecular formula is C13H17BrN2. The van der Waals surface area contributed by atoms with Gasteiger partial charge >= 0.3 is 0 Å². The predicted molar refractivity (Wildman–Crippen MR) is 72.9 cm³/mol. The summed E-state index contributed by atoms with van der Waals surface area (Å²) >= 11 is 3.61. The minimum Gasteiger partial charge on any atom is -0.349 e. The first-order valence-electron chi connectivity index (χ1n) is 5.61. The molecule has 2 nitrogen and oxygen atoms in total. The Kier molecular flexibility index (Phi) is 3.66. The van der Waals surface area contributed by atoms with E-state index in [1.165, 1.54) is 27.4 Å². The molecule has 1 N–H and O–H groups in total. The highest BCUT2D eigenvalue weighted by atomic mass is 79.9. The molecular weight excluding hydrogens is 264 g/mol. The highest BCUT2D eigenvalue weighted by Crippen LogP contribution is 2.28. The molecule has 2 rings (SSSR count). The second-order valence-electron chi connectivity index (χ2n) is 4.11. The van der Waals surface area contributed by atoms with Crippen LogP contribution in [-0.4, -0.2) is 18.2 Å². The lowest BCUT2D eigenvalue weighted by atomic mass is 10.1. The topological polar surface area (TPSA) is 17.0 Å². The second kappa shape index (κ2) is 5.02. The van der Waals surface area contributed by atoms with Gasteiger partial charge in [-0.2, -0.15) is 0 Å². The fraction of sp³-hybridized carbons (Fsp3) is 0.385. The summed E-state index contributed by atoms with van der Waals surface area (Å²) in [4.78, 5) is 0. The Morgan fingerprint density at radius 3 is 2.94 bits per heavy atom. The first-order valence-corrected chi connectivity index (χ1v) is 6.40. The van der Waals surface area contributed by atoms with Crippen molar-refractivity contribution in [3.05, 3.63) is 34.4 Å². The van der Waals surface area contributed by atoms with Gasteiger partial charge in [-0.25, -0.2) is 0 Å². The number of aryl methyl sites for hydroxylation is 2. The third-order valence-electron chi connectivity index (χ3n) is 2.91. The molecule has 16 heavy (non-hydrogen) atoms. The van der Waals surface area contributed by atoms with Crippen LogP contribution in [0.25, 0.3) is 10.9 Å². The highest BCUT2D eigenvalue weighted by molar-refractivity contribution is 9.10. The number of nitrogens with one attached hydrogen (secondary N) is 1. The van der Waals surface area contributed by atoms with Crippen molar-refractivity contribution in [1.82, 2.24) is 9.88 Å². The van der Waals surface area contributed by atoms with E-state index in [1.54, 1.807) is 0 Å². The quantitative estimate of drug-likeness (QED) is 0.852. The Labute approximate surface area is 105 Å². The van der Waals surface area contributed by atoms with Crippen molar-refractivity contribution in [3.63, 3.8) is 0 Å². The van der Waals surface area contributed by atoms with Crippen LogP contribution in [0.15, 0.2) is 28.9 Å². The summed E-state index contributed by atoms with van der Waals surface area (Å²) in [5.41, 5.74) is 2.73. The molecule has 0 amide bonds. The number of para-hydroxylation sites is 1. The lowest BCUT2D eigenvalue weighted by Gasteiger charge is -2.00. The number of hydrogen-bond acceptors (Lipinski definition) is 1. The van der Waals surface area contributed by atoms with Crippen LogP contribution in [0.4, 0.5) is 0 Å². The molecule has 0 aliphatic rings. The average Bonchev–Trinajstić information content (AvgIpc) is 2.58. The molecule has 1 aromatic carbocycles. The monoisotopic (exact) mass is 280 g/mol. The van der Waals surface area contributed by atoms with E-state index in [1.807, 2.05) is 7.05 Å². The van der Waals surface area contributed by atoms with E-state index in [9.17, 15) is 0 Å². The molecule has 0 spiro atoms. The third kappa shape index (κ3) is 2.15. The zero-order chi connectivity index (χ0) is 11.5. The van der Waals surface area contributed by atoms with Crippen molar-refractivity contribution in [2.45, 2.75) is 12.8 Å². The van der Waals surface area contributed by atoms with E-state index in [-0.39, 0.29) is 0 Å². The van der Waals surface area contributed by atoms with Crippen LogP contribution < -0.4 is 5.32 Å². The Balaban J connectivity index is 2.36. The van der Waals surface area contributed by atoms with Gasteiger partial charge in [0.15, 0.2) is 0 Å². The molecule has 0 radical (unpaired) electrons. The van der Waals surface area contributed by atoms with Gasteiger partial charge in [0.2, 0.25) is 0 Å². The number of hydrogen-bond donors (Lipinski definition) is 1. The number of nitrogens with zero attached hydrogens (tertiary/aromatic N) is 1. The molecule has 0 fully saturated rings. The van der Waals surface area contributed by atoms with Gasteiger partial charge in [0.1, 0.15) is 0 Å². The molecule has 0 aliphatic heterocycles. The Morgan fingerprint density at radius 2 is 2.19 bits per heavy atom. The maximum atomic E-state index is 3.61. The maximum absolute atomic E-state index is 3.61. The summed E-state index contributed by atoms with van der Waals surface area (Å²) in [5.74, 6) is 0. The predicted octanol–water partition coefficient (Wildman–Crippen LogP) is 3.09. The van der Waals surface area contributed by atoms with Crippen molar-refractivity contribution in [3.8, 4) is 0 Å². The lowest BCUT2D eigenvalue weighted by Crippen LogP contribution is -2.08. The van der Waals surface area contributed by atoms with Crippen molar-refractivity contribution >= 4 is 26.8 Å². The molecule has 0 unspecified atom stereocenters. The number of halogens is 1.